The van der Waals surface area contributed by atoms with Crippen molar-refractivity contribution in [3.8, 4) is 5.75 Å². The average Bonchev–Trinajstić information content (AvgIpc) is 3.09. The maximum absolute atomic E-state index is 11.9. The van der Waals surface area contributed by atoms with Gasteiger partial charge in [0.25, 0.3) is 0 Å². The molecule has 1 unspecified atom stereocenters. The molecule has 0 amide bonds. The van der Waals surface area contributed by atoms with E-state index in [0.29, 0.717) is 22.9 Å². The van der Waals surface area contributed by atoms with E-state index in [0.717, 1.165) is 0 Å². The first-order chi connectivity index (χ1) is 11.8. The van der Waals surface area contributed by atoms with Gasteiger partial charge in [0.15, 0.2) is 23.3 Å². The molecule has 3 rings (SSSR count). The molecule has 9 heteroatoms. The standard InChI is InChI=1S/C16H15ClN2O6/c1-8(14-7-18-9(2)24-14)23-12-6-13-11(5-10(12)17)19(16(22)25-13)4-3-15(20)21/h5-8H,3-4H2,1-2H3,(H,20,21). The zero-order chi connectivity index (χ0) is 18.1. The van der Waals surface area contributed by atoms with Gasteiger partial charge in [0.05, 0.1) is 23.2 Å². The van der Waals surface area contributed by atoms with Gasteiger partial charge in [-0.25, -0.2) is 9.78 Å². The van der Waals surface area contributed by atoms with Crippen LogP contribution in [0.5, 0.6) is 5.75 Å². The number of rotatable bonds is 6. The molecule has 1 atom stereocenters. The fraction of sp³-hybridized carbons (Fsp3) is 0.312. The van der Waals surface area contributed by atoms with Crippen LogP contribution in [-0.4, -0.2) is 20.6 Å². The number of carboxylic acids is 1. The second-order valence-electron chi connectivity index (χ2n) is 5.46. The number of aliphatic carboxylic acids is 1. The highest BCUT2D eigenvalue weighted by Crippen LogP contribution is 2.33. The van der Waals surface area contributed by atoms with E-state index in [4.69, 9.17) is 30.3 Å². The van der Waals surface area contributed by atoms with Crippen LogP contribution in [-0.2, 0) is 11.3 Å². The molecule has 0 spiro atoms. The number of nitrogens with zero attached hydrogens (tertiary/aromatic N) is 2. The van der Waals surface area contributed by atoms with Crippen LogP contribution in [0, 0.1) is 6.92 Å². The summed E-state index contributed by atoms with van der Waals surface area (Å²) in [6, 6.07) is 3.01. The Bertz CT molecular complexity index is 986. The molecule has 0 saturated carbocycles. The van der Waals surface area contributed by atoms with Crippen molar-refractivity contribution in [2.24, 2.45) is 0 Å². The lowest BCUT2D eigenvalue weighted by atomic mass is 10.2. The summed E-state index contributed by atoms with van der Waals surface area (Å²) in [6.45, 7) is 3.49. The Morgan fingerprint density at radius 2 is 2.20 bits per heavy atom. The minimum atomic E-state index is -1.01. The Balaban J connectivity index is 1.91. The van der Waals surface area contributed by atoms with Gasteiger partial charge in [-0.05, 0) is 13.0 Å². The van der Waals surface area contributed by atoms with E-state index in [2.05, 4.69) is 4.98 Å². The Kier molecular flexibility index (Phi) is 4.54. The topological polar surface area (TPSA) is 108 Å². The van der Waals surface area contributed by atoms with Crippen LogP contribution in [0.3, 0.4) is 0 Å². The molecule has 132 valence electrons. The van der Waals surface area contributed by atoms with Crippen molar-refractivity contribution in [2.45, 2.75) is 32.9 Å². The zero-order valence-corrected chi connectivity index (χ0v) is 14.2. The van der Waals surface area contributed by atoms with Crippen LogP contribution in [0.25, 0.3) is 11.1 Å². The van der Waals surface area contributed by atoms with E-state index in [1.54, 1.807) is 20.0 Å². The molecule has 8 nitrogen and oxygen atoms in total. The predicted molar refractivity (Wildman–Crippen MR) is 88.0 cm³/mol. The predicted octanol–water partition coefficient (Wildman–Crippen LogP) is 3.16. The van der Waals surface area contributed by atoms with E-state index in [9.17, 15) is 9.59 Å². The summed E-state index contributed by atoms with van der Waals surface area (Å²) in [7, 11) is 0. The summed E-state index contributed by atoms with van der Waals surface area (Å²) in [4.78, 5) is 26.6. The van der Waals surface area contributed by atoms with Gasteiger partial charge < -0.3 is 18.7 Å². The molecule has 3 aromatic rings. The number of carbonyl (C=O) groups is 1. The molecule has 2 heterocycles. The highest BCUT2D eigenvalue weighted by atomic mass is 35.5. The van der Waals surface area contributed by atoms with Gasteiger partial charge in [0.1, 0.15) is 5.75 Å². The van der Waals surface area contributed by atoms with E-state index in [1.165, 1.54) is 16.7 Å². The maximum atomic E-state index is 11.9. The highest BCUT2D eigenvalue weighted by molar-refractivity contribution is 6.32. The molecular weight excluding hydrogens is 352 g/mol. The Morgan fingerprint density at radius 1 is 1.44 bits per heavy atom. The molecule has 0 fully saturated rings. The van der Waals surface area contributed by atoms with E-state index in [-0.39, 0.29) is 23.6 Å². The molecule has 2 aromatic heterocycles. The SMILES string of the molecule is Cc1ncc(C(C)Oc2cc3oc(=O)n(CCC(=O)O)c3cc2Cl)o1. The van der Waals surface area contributed by atoms with Crippen molar-refractivity contribution in [3.63, 3.8) is 0 Å². The molecule has 0 radical (unpaired) electrons. The Labute approximate surface area is 146 Å². The molecule has 1 aromatic carbocycles. The van der Waals surface area contributed by atoms with E-state index < -0.39 is 17.8 Å². The quantitative estimate of drug-likeness (QED) is 0.713. The number of aryl methyl sites for hydroxylation is 2. The summed E-state index contributed by atoms with van der Waals surface area (Å²) in [5.74, 6) is -0.288. The van der Waals surface area contributed by atoms with Crippen LogP contribution >= 0.6 is 11.6 Å². The Hall–Kier alpha value is -2.74. The van der Waals surface area contributed by atoms with Gasteiger partial charge in [-0.3, -0.25) is 9.36 Å². The summed E-state index contributed by atoms with van der Waals surface area (Å²) in [6.07, 6.45) is 0.915. The largest absolute Gasteiger partial charge is 0.481 e. The fourth-order valence-corrected chi connectivity index (χ4v) is 2.59. The summed E-state index contributed by atoms with van der Waals surface area (Å²) < 4.78 is 17.6. The number of oxazole rings is 2. The molecule has 0 aliphatic rings. The first kappa shape index (κ1) is 17.1. The van der Waals surface area contributed by atoms with Crippen molar-refractivity contribution < 1.29 is 23.5 Å². The Morgan fingerprint density at radius 3 is 2.84 bits per heavy atom. The molecule has 25 heavy (non-hydrogen) atoms. The van der Waals surface area contributed by atoms with Gasteiger partial charge in [0, 0.05) is 19.5 Å². The first-order valence-electron chi connectivity index (χ1n) is 7.49. The van der Waals surface area contributed by atoms with Gasteiger partial charge in [-0.1, -0.05) is 11.6 Å². The molecule has 0 aliphatic heterocycles. The van der Waals surface area contributed by atoms with Crippen LogP contribution < -0.4 is 10.5 Å². The third-order valence-electron chi connectivity index (χ3n) is 3.61. The summed E-state index contributed by atoms with van der Waals surface area (Å²) in [5.41, 5.74) is 0.669. The minimum absolute atomic E-state index is 0.00849. The number of carboxylic acid groups (broad SMARTS) is 1. The van der Waals surface area contributed by atoms with Crippen molar-refractivity contribution in [3.05, 3.63) is 45.6 Å². The third-order valence-corrected chi connectivity index (χ3v) is 3.91. The number of hydrogen-bond acceptors (Lipinski definition) is 6. The average molecular weight is 367 g/mol. The fourth-order valence-electron chi connectivity index (χ4n) is 2.39. The van der Waals surface area contributed by atoms with Crippen molar-refractivity contribution in [1.82, 2.24) is 9.55 Å². The lowest BCUT2D eigenvalue weighted by molar-refractivity contribution is -0.137. The van der Waals surface area contributed by atoms with Crippen LogP contribution in [0.1, 0.15) is 31.1 Å². The molecule has 1 N–H and O–H groups in total. The number of hydrogen-bond donors (Lipinski definition) is 1. The summed E-state index contributed by atoms with van der Waals surface area (Å²) in [5, 5.41) is 9.04. The zero-order valence-electron chi connectivity index (χ0n) is 13.5. The molecule has 0 bridgehead atoms. The van der Waals surface area contributed by atoms with E-state index >= 15 is 0 Å². The number of ether oxygens (including phenoxy) is 1. The lowest BCUT2D eigenvalue weighted by Gasteiger charge is -2.13. The van der Waals surface area contributed by atoms with Crippen LogP contribution in [0.4, 0.5) is 0 Å². The smallest absolute Gasteiger partial charge is 0.419 e. The van der Waals surface area contributed by atoms with Crippen molar-refractivity contribution >= 4 is 28.7 Å². The monoisotopic (exact) mass is 366 g/mol. The highest BCUT2D eigenvalue weighted by Gasteiger charge is 2.18. The summed E-state index contributed by atoms with van der Waals surface area (Å²) >= 11 is 6.24. The van der Waals surface area contributed by atoms with Gasteiger partial charge in [-0.2, -0.15) is 0 Å². The molecule has 0 aliphatic carbocycles. The number of benzene rings is 1. The molecular formula is C16H15ClN2O6. The first-order valence-corrected chi connectivity index (χ1v) is 7.86. The number of halogens is 1. The third kappa shape index (κ3) is 3.53. The lowest BCUT2D eigenvalue weighted by Crippen LogP contribution is -2.16. The van der Waals surface area contributed by atoms with E-state index in [1.807, 2.05) is 0 Å². The van der Waals surface area contributed by atoms with Crippen molar-refractivity contribution in [1.29, 1.82) is 0 Å². The van der Waals surface area contributed by atoms with Crippen LogP contribution in [0.2, 0.25) is 5.02 Å². The van der Waals surface area contributed by atoms with Crippen LogP contribution in [0.15, 0.2) is 32.0 Å². The maximum Gasteiger partial charge on any atom is 0.419 e. The van der Waals surface area contributed by atoms with Gasteiger partial charge in [0.2, 0.25) is 0 Å². The van der Waals surface area contributed by atoms with Gasteiger partial charge in [-0.15, -0.1) is 0 Å². The number of aromatic nitrogens is 2. The van der Waals surface area contributed by atoms with Gasteiger partial charge >= 0.3 is 11.7 Å². The number of fused-ring (bicyclic) bond motifs is 1. The second-order valence-corrected chi connectivity index (χ2v) is 5.86. The van der Waals surface area contributed by atoms with Crippen molar-refractivity contribution in [2.75, 3.05) is 0 Å². The normalized spacial score (nSPS) is 12.4. The molecule has 0 saturated heterocycles. The minimum Gasteiger partial charge on any atom is -0.481 e. The second kappa shape index (κ2) is 6.64.